The fraction of sp³-hybridized carbons (Fsp3) is 0.786. The third-order valence-electron chi connectivity index (χ3n) is 6.62. The second-order valence-corrected chi connectivity index (χ2v) is 9.72. The van der Waals surface area contributed by atoms with Crippen molar-refractivity contribution in [1.29, 1.82) is 21.0 Å². The highest BCUT2D eigenvalue weighted by Gasteiger charge is 2.33. The van der Waals surface area contributed by atoms with Gasteiger partial charge in [0.2, 0.25) is 13.1 Å². The molecule has 0 aromatic rings. The van der Waals surface area contributed by atoms with Gasteiger partial charge in [0.15, 0.2) is 0 Å². The van der Waals surface area contributed by atoms with Crippen LogP contribution in [-0.2, 0) is 14.2 Å². The van der Waals surface area contributed by atoms with Crippen molar-refractivity contribution >= 4 is 0 Å². The van der Waals surface area contributed by atoms with Gasteiger partial charge in [-0.05, 0) is 25.7 Å². The Labute approximate surface area is 232 Å². The smallest absolute Gasteiger partial charge is 0.215 e. The average molecular weight is 541 g/mol. The van der Waals surface area contributed by atoms with Crippen LogP contribution in [0.25, 0.3) is 9.69 Å². The Morgan fingerprint density at radius 1 is 0.795 bits per heavy atom. The highest BCUT2D eigenvalue weighted by molar-refractivity contribution is 4.90. The Hall–Kier alpha value is -3.26. The minimum atomic E-state index is -0.930. The second-order valence-electron chi connectivity index (χ2n) is 9.72. The third kappa shape index (κ3) is 17.8. The van der Waals surface area contributed by atoms with Crippen LogP contribution in [0.4, 0.5) is 0 Å². The van der Waals surface area contributed by atoms with Gasteiger partial charge in [-0.1, -0.05) is 0 Å². The summed E-state index contributed by atoms with van der Waals surface area (Å²) < 4.78 is 16.2. The van der Waals surface area contributed by atoms with Crippen LogP contribution in [0, 0.1) is 69.3 Å². The Morgan fingerprint density at radius 2 is 1.21 bits per heavy atom. The van der Waals surface area contributed by atoms with Gasteiger partial charge in [0.05, 0.1) is 63.9 Å². The highest BCUT2D eigenvalue weighted by Crippen LogP contribution is 2.35. The van der Waals surface area contributed by atoms with E-state index in [2.05, 4.69) is 34.0 Å². The van der Waals surface area contributed by atoms with Gasteiger partial charge >= 0.3 is 0 Å². The summed E-state index contributed by atoms with van der Waals surface area (Å²) in [4.78, 5) is 6.73. The number of hydrogen-bond acceptors (Lipinski definition) is 9. The van der Waals surface area contributed by atoms with Crippen molar-refractivity contribution in [2.45, 2.75) is 76.4 Å². The average Bonchev–Trinajstić information content (AvgIpc) is 3.78. The van der Waals surface area contributed by atoms with Crippen LogP contribution < -0.4 is 0 Å². The van der Waals surface area contributed by atoms with Crippen molar-refractivity contribution < 1.29 is 24.4 Å². The third-order valence-corrected chi connectivity index (χ3v) is 6.62. The molecule has 2 atom stereocenters. The summed E-state index contributed by atoms with van der Waals surface area (Å²) in [5.74, 6) is 0. The van der Waals surface area contributed by atoms with E-state index in [4.69, 9.17) is 53.5 Å². The molecule has 0 amide bonds. The number of rotatable bonds is 21. The first-order valence-electron chi connectivity index (χ1n) is 13.1. The summed E-state index contributed by atoms with van der Waals surface area (Å²) in [5, 5.41) is 53.0. The predicted octanol–water partition coefficient (Wildman–Crippen LogP) is 3.56. The van der Waals surface area contributed by atoms with Crippen LogP contribution in [0.15, 0.2) is 0 Å². The lowest BCUT2D eigenvalue weighted by atomic mass is 9.77. The van der Waals surface area contributed by atoms with Crippen LogP contribution in [0.2, 0.25) is 0 Å². The van der Waals surface area contributed by atoms with Crippen molar-refractivity contribution in [3.8, 4) is 24.3 Å². The Kier molecular flexibility index (Phi) is 20.8. The van der Waals surface area contributed by atoms with Gasteiger partial charge in [0, 0.05) is 49.4 Å². The van der Waals surface area contributed by atoms with E-state index in [1.807, 2.05) is 0 Å². The highest BCUT2D eigenvalue weighted by atomic mass is 16.6. The molecule has 1 heterocycles. The topological polar surface area (TPSA) is 175 Å². The van der Waals surface area contributed by atoms with Gasteiger partial charge in [-0.15, -0.1) is 0 Å². The maximum absolute atomic E-state index is 9.25. The van der Waals surface area contributed by atoms with Gasteiger partial charge in [-0.3, -0.25) is 0 Å². The van der Waals surface area contributed by atoms with E-state index >= 15 is 0 Å². The molecule has 212 valence electrons. The molecule has 1 aliphatic heterocycles. The summed E-state index contributed by atoms with van der Waals surface area (Å²) in [6.45, 7) is 16.3. The summed E-state index contributed by atoms with van der Waals surface area (Å²) >= 11 is 0. The second kappa shape index (κ2) is 22.7. The first-order valence-corrected chi connectivity index (χ1v) is 13.1. The molecule has 0 saturated carbocycles. The molecule has 2 N–H and O–H groups in total. The molecule has 0 aromatic heterocycles. The number of aliphatic hydroxyl groups is 2. The molecule has 11 nitrogen and oxygen atoms in total. The molecule has 0 radical (unpaired) electrons. The fourth-order valence-corrected chi connectivity index (χ4v) is 4.09. The summed E-state index contributed by atoms with van der Waals surface area (Å²) in [6, 6.07) is 8.46. The van der Waals surface area contributed by atoms with Gasteiger partial charge in [-0.2, -0.15) is 21.0 Å². The zero-order chi connectivity index (χ0) is 29.2. The van der Waals surface area contributed by atoms with Gasteiger partial charge in [0.25, 0.3) is 0 Å². The zero-order valence-corrected chi connectivity index (χ0v) is 22.7. The molecule has 39 heavy (non-hydrogen) atoms. The van der Waals surface area contributed by atoms with E-state index in [-0.39, 0.29) is 36.8 Å². The van der Waals surface area contributed by atoms with Crippen LogP contribution in [0.5, 0.6) is 0 Å². The maximum Gasteiger partial charge on any atom is 0.215 e. The number of hydrogen-bond donors (Lipinski definition) is 2. The number of nitrogens with zero attached hydrogens (tertiary/aromatic N) is 6. The molecule has 0 aromatic carbocycles. The van der Waals surface area contributed by atoms with Crippen LogP contribution >= 0.6 is 0 Å². The zero-order valence-electron chi connectivity index (χ0n) is 22.7. The van der Waals surface area contributed by atoms with Gasteiger partial charge in [-0.25, -0.2) is 13.1 Å². The molecule has 11 heteroatoms. The van der Waals surface area contributed by atoms with Crippen LogP contribution in [-0.4, -0.2) is 75.2 Å². The molecule has 1 saturated heterocycles. The van der Waals surface area contributed by atoms with E-state index < -0.39 is 6.10 Å². The van der Waals surface area contributed by atoms with Crippen LogP contribution in [0.1, 0.15) is 64.2 Å². The first-order chi connectivity index (χ1) is 18.9. The predicted molar refractivity (Wildman–Crippen MR) is 141 cm³/mol. The molecule has 1 fully saturated rings. The Bertz CT molecular complexity index is 823. The molecule has 0 spiro atoms. The quantitative estimate of drug-likeness (QED) is 0.163. The minimum Gasteiger partial charge on any atom is -0.394 e. The summed E-state index contributed by atoms with van der Waals surface area (Å²) in [5.41, 5.74) is -0.601. The van der Waals surface area contributed by atoms with E-state index in [1.165, 1.54) is 0 Å². The molecule has 1 rings (SSSR count). The standard InChI is InChI=1S/C14H21N3O3.C14H19N3O2/c1-17-9-6-14(4-2-7-15,5-3-8-16)12-20-11-13(19)10-18;1-17-9-6-14(4-2-7-15,5-3-8-16)12-18-10-13-11-19-13/h13,18-19H,2-6,9-12H2;13H,2-6,9-12H2. The molecule has 0 bridgehead atoms. The lowest BCUT2D eigenvalue weighted by Gasteiger charge is -2.31. The Balaban J connectivity index is 0.000000741. The lowest BCUT2D eigenvalue weighted by molar-refractivity contribution is -0.0309. The number of nitriles is 4. The van der Waals surface area contributed by atoms with Crippen molar-refractivity contribution in [1.82, 2.24) is 0 Å². The monoisotopic (exact) mass is 540 g/mol. The van der Waals surface area contributed by atoms with Gasteiger partial charge < -0.3 is 34.1 Å². The van der Waals surface area contributed by atoms with E-state index in [9.17, 15) is 5.11 Å². The van der Waals surface area contributed by atoms with Crippen molar-refractivity contribution in [2.75, 3.05) is 52.7 Å². The Morgan fingerprint density at radius 3 is 1.54 bits per heavy atom. The minimum absolute atomic E-state index is 0.00930. The molecule has 1 aliphatic rings. The van der Waals surface area contributed by atoms with E-state index in [1.54, 1.807) is 0 Å². The molecular weight excluding hydrogens is 500 g/mol. The van der Waals surface area contributed by atoms with Crippen molar-refractivity contribution in [3.63, 3.8) is 0 Å². The normalized spacial score (nSPS) is 14.6. The molecule has 0 aliphatic carbocycles. The lowest BCUT2D eigenvalue weighted by Crippen LogP contribution is -2.31. The maximum atomic E-state index is 9.25. The van der Waals surface area contributed by atoms with Gasteiger partial charge in [0.1, 0.15) is 12.2 Å². The van der Waals surface area contributed by atoms with Crippen LogP contribution in [0.3, 0.4) is 0 Å². The molecular formula is C28H40N6O5. The van der Waals surface area contributed by atoms with E-state index in [0.717, 1.165) is 6.61 Å². The number of epoxide rings is 1. The largest absolute Gasteiger partial charge is 0.394 e. The number of ether oxygens (including phenoxy) is 3. The fourth-order valence-electron chi connectivity index (χ4n) is 4.09. The summed E-state index contributed by atoms with van der Waals surface area (Å²) in [7, 11) is 0. The summed E-state index contributed by atoms with van der Waals surface area (Å²) in [6.07, 6.45) is 4.60. The van der Waals surface area contributed by atoms with Crippen molar-refractivity contribution in [2.24, 2.45) is 10.8 Å². The first kappa shape index (κ1) is 35.7. The van der Waals surface area contributed by atoms with Crippen molar-refractivity contribution in [3.05, 3.63) is 22.8 Å². The molecule has 2 unspecified atom stereocenters. The SMILES string of the molecule is [C-]#[N+]CCC(CCC#N)(CCC#N)COCC(O)CO.[C-]#[N+]CCC(CCC#N)(CCC#N)COCC1CO1. The number of aliphatic hydroxyl groups excluding tert-OH is 2. The van der Waals surface area contributed by atoms with E-state index in [0.29, 0.717) is 90.5 Å².